The zero-order valence-electron chi connectivity index (χ0n) is 6.66. The van der Waals surface area contributed by atoms with E-state index in [9.17, 15) is 4.79 Å². The van der Waals surface area contributed by atoms with Crippen molar-refractivity contribution >= 4 is 15.9 Å². The summed E-state index contributed by atoms with van der Waals surface area (Å²) < 4.78 is 5.90. The predicted octanol–water partition coefficient (Wildman–Crippen LogP) is 1.10. The van der Waals surface area contributed by atoms with Gasteiger partial charge in [0.05, 0.1) is 0 Å². The van der Waals surface area contributed by atoms with E-state index in [1.54, 1.807) is 6.92 Å². The summed E-state index contributed by atoms with van der Waals surface area (Å²) in [5.41, 5.74) is 0. The van der Waals surface area contributed by atoms with Gasteiger partial charge in [0.2, 0.25) is 0 Å². The predicted molar refractivity (Wildman–Crippen MR) is 48.4 cm³/mol. The van der Waals surface area contributed by atoms with Crippen LogP contribution in [-0.4, -0.2) is 15.1 Å². The number of nitrogens with zero attached hydrogens (tertiary/aromatic N) is 2. The Hall–Kier alpha value is -0.840. The summed E-state index contributed by atoms with van der Waals surface area (Å²) in [5.74, 6) is 0.186. The molecule has 0 saturated carbocycles. The maximum atomic E-state index is 10.9. The van der Waals surface area contributed by atoms with Gasteiger partial charge in [0.1, 0.15) is 0 Å². The van der Waals surface area contributed by atoms with Crippen molar-refractivity contribution in [3.8, 4) is 0 Å². The summed E-state index contributed by atoms with van der Waals surface area (Å²) in [6.07, 6.45) is 3.79. The molecule has 1 rings (SSSR count). The summed E-state index contributed by atoms with van der Waals surface area (Å²) in [5, 5.41) is 4.31. The quantitative estimate of drug-likeness (QED) is 0.580. The summed E-state index contributed by atoms with van der Waals surface area (Å²) >= 11 is 3.24. The fraction of sp³-hybridized carbons (Fsp3) is 0.429. The van der Waals surface area contributed by atoms with Crippen LogP contribution in [0.3, 0.4) is 0 Å². The first kappa shape index (κ1) is 9.25. The molecule has 0 atom stereocenters. The van der Waals surface area contributed by atoms with Crippen molar-refractivity contribution < 1.29 is 4.52 Å². The Bertz CT molecular complexity index is 326. The molecule has 0 aliphatic carbocycles. The van der Waals surface area contributed by atoms with Gasteiger partial charge in [-0.3, -0.25) is 9.09 Å². The second-order valence-electron chi connectivity index (χ2n) is 2.23. The third-order valence-electron chi connectivity index (χ3n) is 1.41. The molecule has 0 spiro atoms. The van der Waals surface area contributed by atoms with Crippen LogP contribution in [0, 0.1) is 6.92 Å². The molecular weight excluding hydrogens is 224 g/mol. The third kappa shape index (κ3) is 2.07. The number of rotatable bonds is 3. The van der Waals surface area contributed by atoms with Crippen LogP contribution in [0.2, 0.25) is 0 Å². The highest BCUT2D eigenvalue weighted by Gasteiger charge is 2.02. The van der Waals surface area contributed by atoms with Crippen molar-refractivity contribution in [1.82, 2.24) is 9.72 Å². The lowest BCUT2D eigenvalue weighted by molar-refractivity contribution is 0.376. The molecule has 0 aliphatic rings. The highest BCUT2D eigenvalue weighted by atomic mass is 79.9. The van der Waals surface area contributed by atoms with E-state index in [4.69, 9.17) is 0 Å². The van der Waals surface area contributed by atoms with Gasteiger partial charge >= 0.3 is 5.76 Å². The average molecular weight is 233 g/mol. The van der Waals surface area contributed by atoms with Crippen molar-refractivity contribution in [3.05, 3.63) is 28.5 Å². The van der Waals surface area contributed by atoms with Crippen molar-refractivity contribution in [2.45, 2.75) is 13.5 Å². The molecule has 5 heteroatoms. The topological polar surface area (TPSA) is 48.0 Å². The average Bonchev–Trinajstić information content (AvgIpc) is 2.35. The van der Waals surface area contributed by atoms with Crippen LogP contribution in [0.4, 0.5) is 0 Å². The Morgan fingerprint density at radius 1 is 1.67 bits per heavy atom. The number of alkyl halides is 1. The lowest BCUT2D eigenvalue weighted by Crippen LogP contribution is -2.14. The van der Waals surface area contributed by atoms with Crippen molar-refractivity contribution in [2.75, 3.05) is 5.33 Å². The van der Waals surface area contributed by atoms with E-state index in [1.807, 2.05) is 12.2 Å². The molecule has 1 heterocycles. The normalized spacial score (nSPS) is 11.2. The molecule has 12 heavy (non-hydrogen) atoms. The van der Waals surface area contributed by atoms with E-state index in [2.05, 4.69) is 25.6 Å². The van der Waals surface area contributed by atoms with Gasteiger partial charge in [-0.15, -0.1) is 0 Å². The number of allylic oxidation sites excluding steroid dienone is 2. The Morgan fingerprint density at radius 3 is 2.92 bits per heavy atom. The maximum absolute atomic E-state index is 10.9. The van der Waals surface area contributed by atoms with Crippen LogP contribution in [0.1, 0.15) is 5.82 Å². The molecule has 4 nitrogen and oxygen atoms in total. The van der Waals surface area contributed by atoms with Crippen LogP contribution in [0.5, 0.6) is 0 Å². The van der Waals surface area contributed by atoms with E-state index in [-0.39, 0.29) is 0 Å². The fourth-order valence-corrected chi connectivity index (χ4v) is 1.05. The highest BCUT2D eigenvalue weighted by molar-refractivity contribution is 9.09. The lowest BCUT2D eigenvalue weighted by Gasteiger charge is -1.93. The molecule has 0 bridgehead atoms. The van der Waals surface area contributed by atoms with Gasteiger partial charge in [-0.25, -0.2) is 4.79 Å². The zero-order valence-corrected chi connectivity index (χ0v) is 8.24. The third-order valence-corrected chi connectivity index (χ3v) is 1.78. The highest BCUT2D eigenvalue weighted by Crippen LogP contribution is 1.90. The fourth-order valence-electron chi connectivity index (χ4n) is 0.785. The molecule has 0 unspecified atom stereocenters. The van der Waals surface area contributed by atoms with Gasteiger partial charge in [-0.2, -0.15) is 0 Å². The Kier molecular flexibility index (Phi) is 3.28. The van der Waals surface area contributed by atoms with E-state index >= 15 is 0 Å². The molecule has 0 N–H and O–H groups in total. The first-order valence-electron chi connectivity index (χ1n) is 3.49. The molecule has 0 saturated heterocycles. The minimum atomic E-state index is -0.410. The molecule has 0 fully saturated rings. The van der Waals surface area contributed by atoms with Gasteiger partial charge in [-0.1, -0.05) is 33.2 Å². The van der Waals surface area contributed by atoms with Crippen LogP contribution < -0.4 is 5.76 Å². The van der Waals surface area contributed by atoms with Crippen LogP contribution >= 0.6 is 15.9 Å². The van der Waals surface area contributed by atoms with Crippen LogP contribution in [-0.2, 0) is 6.54 Å². The first-order chi connectivity index (χ1) is 5.75. The van der Waals surface area contributed by atoms with Crippen molar-refractivity contribution in [2.24, 2.45) is 0 Å². The van der Waals surface area contributed by atoms with E-state index in [1.165, 1.54) is 4.57 Å². The second-order valence-corrected chi connectivity index (χ2v) is 2.88. The van der Waals surface area contributed by atoms with E-state index in [0.717, 1.165) is 5.33 Å². The molecule has 1 aromatic rings. The minimum absolute atomic E-state index is 0.410. The summed E-state index contributed by atoms with van der Waals surface area (Å²) in [6.45, 7) is 2.24. The smallest absolute Gasteiger partial charge is 0.296 e. The number of aryl methyl sites for hydroxylation is 1. The molecule has 0 amide bonds. The molecule has 66 valence electrons. The maximum Gasteiger partial charge on any atom is 0.441 e. The SMILES string of the molecule is Cc1noc(=O)n1CC=CCBr. The Morgan fingerprint density at radius 2 is 2.42 bits per heavy atom. The Balaban J connectivity index is 2.74. The largest absolute Gasteiger partial charge is 0.441 e. The Labute approximate surface area is 78.0 Å². The zero-order chi connectivity index (χ0) is 8.97. The standard InChI is InChI=1S/C7H9BrN2O2/c1-6-9-12-7(11)10(6)5-3-2-4-8/h2-3H,4-5H2,1H3. The van der Waals surface area contributed by atoms with Crippen LogP contribution in [0.15, 0.2) is 21.5 Å². The van der Waals surface area contributed by atoms with E-state index < -0.39 is 5.76 Å². The summed E-state index contributed by atoms with van der Waals surface area (Å²) in [6, 6.07) is 0. The monoisotopic (exact) mass is 232 g/mol. The van der Waals surface area contributed by atoms with Crippen molar-refractivity contribution in [3.63, 3.8) is 0 Å². The number of aromatic nitrogens is 2. The number of halogens is 1. The molecule has 0 aliphatic heterocycles. The van der Waals surface area contributed by atoms with Crippen LogP contribution in [0.25, 0.3) is 0 Å². The second kappa shape index (κ2) is 4.25. The molecular formula is C7H9BrN2O2. The summed E-state index contributed by atoms with van der Waals surface area (Å²) in [4.78, 5) is 10.9. The van der Waals surface area contributed by atoms with Gasteiger partial charge in [0.15, 0.2) is 5.82 Å². The van der Waals surface area contributed by atoms with Gasteiger partial charge in [-0.05, 0) is 6.92 Å². The lowest BCUT2D eigenvalue weighted by atomic mass is 10.5. The van der Waals surface area contributed by atoms with Gasteiger partial charge in [0, 0.05) is 11.9 Å². The van der Waals surface area contributed by atoms with Gasteiger partial charge < -0.3 is 0 Å². The van der Waals surface area contributed by atoms with E-state index in [0.29, 0.717) is 12.4 Å². The summed E-state index contributed by atoms with van der Waals surface area (Å²) in [7, 11) is 0. The molecule has 0 aromatic carbocycles. The number of hydrogen-bond acceptors (Lipinski definition) is 3. The molecule has 0 radical (unpaired) electrons. The minimum Gasteiger partial charge on any atom is -0.296 e. The molecule has 1 aromatic heterocycles. The number of hydrogen-bond donors (Lipinski definition) is 0. The van der Waals surface area contributed by atoms with Gasteiger partial charge in [0.25, 0.3) is 0 Å². The van der Waals surface area contributed by atoms with Crippen molar-refractivity contribution in [1.29, 1.82) is 0 Å². The first-order valence-corrected chi connectivity index (χ1v) is 4.62.